The third-order valence-electron chi connectivity index (χ3n) is 6.41. The van der Waals surface area contributed by atoms with Crippen LogP contribution in [0.3, 0.4) is 0 Å². The van der Waals surface area contributed by atoms with Gasteiger partial charge < -0.3 is 20.1 Å². The van der Waals surface area contributed by atoms with Gasteiger partial charge in [0, 0.05) is 24.2 Å². The Morgan fingerprint density at radius 1 is 1.17 bits per heavy atom. The number of carbonyl (C=O) groups is 1. The molecule has 8 nitrogen and oxygen atoms in total. The summed E-state index contributed by atoms with van der Waals surface area (Å²) in [6, 6.07) is 3.89. The molecule has 0 bridgehead atoms. The van der Waals surface area contributed by atoms with E-state index in [9.17, 15) is 18.0 Å². The summed E-state index contributed by atoms with van der Waals surface area (Å²) in [7, 11) is 0. The lowest BCUT2D eigenvalue weighted by Crippen LogP contribution is -2.44. The Balaban J connectivity index is 1.42. The number of rotatable bonds is 3. The van der Waals surface area contributed by atoms with Crippen LogP contribution in [-0.4, -0.2) is 44.4 Å². The minimum Gasteiger partial charge on any atom is -0.487 e. The Morgan fingerprint density at radius 2 is 2.00 bits per heavy atom. The summed E-state index contributed by atoms with van der Waals surface area (Å²) >= 11 is 0. The minimum absolute atomic E-state index is 0.149. The number of benzene rings is 2. The largest absolute Gasteiger partial charge is 0.487 e. The molecule has 2 atom stereocenters. The van der Waals surface area contributed by atoms with E-state index in [4.69, 9.17) is 10.5 Å². The van der Waals surface area contributed by atoms with Gasteiger partial charge in [0.05, 0.1) is 35.2 Å². The van der Waals surface area contributed by atoms with Crippen molar-refractivity contribution >= 4 is 28.3 Å². The van der Waals surface area contributed by atoms with E-state index >= 15 is 4.39 Å². The topological polar surface area (TPSA) is 95.0 Å². The Labute approximate surface area is 194 Å². The van der Waals surface area contributed by atoms with Crippen molar-refractivity contribution in [3.8, 4) is 11.5 Å². The van der Waals surface area contributed by atoms with Crippen LogP contribution in [0.15, 0.2) is 36.8 Å². The minimum atomic E-state index is -3.20. The molecule has 0 saturated carbocycles. The Bertz CT molecular complexity index is 1510. The van der Waals surface area contributed by atoms with Crippen molar-refractivity contribution in [2.45, 2.75) is 31.6 Å². The molecule has 1 fully saturated rings. The lowest BCUT2D eigenvalue weighted by Gasteiger charge is -2.36. The maximum Gasteiger partial charge on any atom is 0.387 e. The molecule has 0 spiro atoms. The number of hydrogen-bond donors (Lipinski definition) is 1. The second-order valence-electron chi connectivity index (χ2n) is 8.41. The molecular weight excluding hydrogens is 470 g/mol. The van der Waals surface area contributed by atoms with Crippen LogP contribution in [0.5, 0.6) is 11.5 Å². The molecule has 0 aliphatic carbocycles. The molecule has 6 rings (SSSR count). The first kappa shape index (κ1) is 21.4. The number of fused-ring (bicyclic) bond motifs is 6. The van der Waals surface area contributed by atoms with Crippen LogP contribution in [0.25, 0.3) is 16.6 Å². The van der Waals surface area contributed by atoms with E-state index in [1.165, 1.54) is 23.5 Å². The lowest BCUT2D eigenvalue weighted by atomic mass is 9.93. The van der Waals surface area contributed by atoms with Gasteiger partial charge in [-0.25, -0.2) is 18.7 Å². The van der Waals surface area contributed by atoms with Gasteiger partial charge in [0.1, 0.15) is 29.0 Å². The fourth-order valence-electron chi connectivity index (χ4n) is 4.93. The van der Waals surface area contributed by atoms with Crippen LogP contribution in [0.1, 0.15) is 34.8 Å². The predicted octanol–water partition coefficient (Wildman–Crippen LogP) is 4.08. The smallest absolute Gasteiger partial charge is 0.387 e. The molecule has 2 aromatic heterocycles. The number of nitrogens with two attached hydrogens (primary N) is 1. The number of amides is 1. The van der Waals surface area contributed by atoms with E-state index in [-0.39, 0.29) is 29.2 Å². The van der Waals surface area contributed by atoms with Crippen LogP contribution in [0, 0.1) is 11.6 Å². The number of anilines is 1. The maximum atomic E-state index is 15.1. The standard InChI is InChI=1S/C23H17F4N5O3/c24-12-6-14-15(32-9-29-8-16(32)21(28)30-14)5-10(12)22(33)31-3-1-2-17-20(31)11-4-13(25)19(35-23(26)27)7-18(11)34-17/h4-9,17,20,23H,1-3H2,(H2,28,30). The molecule has 35 heavy (non-hydrogen) atoms. The fourth-order valence-corrected chi connectivity index (χ4v) is 4.93. The van der Waals surface area contributed by atoms with E-state index in [2.05, 4.69) is 14.7 Å². The highest BCUT2D eigenvalue weighted by molar-refractivity contribution is 5.99. The van der Waals surface area contributed by atoms with Gasteiger partial charge in [-0.1, -0.05) is 0 Å². The highest BCUT2D eigenvalue weighted by Gasteiger charge is 2.44. The van der Waals surface area contributed by atoms with E-state index in [1.54, 1.807) is 4.40 Å². The molecule has 180 valence electrons. The molecule has 2 aliphatic heterocycles. The van der Waals surface area contributed by atoms with Gasteiger partial charge in [-0.05, 0) is 25.0 Å². The van der Waals surface area contributed by atoms with Gasteiger partial charge in [0.15, 0.2) is 11.6 Å². The van der Waals surface area contributed by atoms with Crippen LogP contribution >= 0.6 is 0 Å². The van der Waals surface area contributed by atoms with Gasteiger partial charge in [-0.2, -0.15) is 8.78 Å². The number of hydrogen-bond acceptors (Lipinski definition) is 6. The van der Waals surface area contributed by atoms with Crippen LogP contribution in [0.2, 0.25) is 0 Å². The van der Waals surface area contributed by atoms with Gasteiger partial charge in [0.25, 0.3) is 5.91 Å². The third kappa shape index (κ3) is 3.31. The van der Waals surface area contributed by atoms with Crippen LogP contribution < -0.4 is 15.2 Å². The van der Waals surface area contributed by atoms with E-state index in [0.717, 1.165) is 18.2 Å². The Hall–Kier alpha value is -4.09. The second-order valence-corrected chi connectivity index (χ2v) is 8.41. The van der Waals surface area contributed by atoms with Gasteiger partial charge in [-0.3, -0.25) is 9.20 Å². The molecule has 2 aromatic carbocycles. The number of nitrogen functional groups attached to an aromatic ring is 1. The van der Waals surface area contributed by atoms with Gasteiger partial charge in [-0.15, -0.1) is 0 Å². The summed E-state index contributed by atoms with van der Waals surface area (Å²) in [6.45, 7) is -2.93. The summed E-state index contributed by atoms with van der Waals surface area (Å²) in [5.41, 5.74) is 7.23. The zero-order chi connectivity index (χ0) is 24.4. The van der Waals surface area contributed by atoms with Crippen LogP contribution in [0.4, 0.5) is 23.4 Å². The van der Waals surface area contributed by atoms with Crippen molar-refractivity contribution in [3.05, 3.63) is 59.6 Å². The summed E-state index contributed by atoms with van der Waals surface area (Å²) in [6.07, 6.45) is 3.57. The summed E-state index contributed by atoms with van der Waals surface area (Å²) in [5, 5.41) is 0. The van der Waals surface area contributed by atoms with E-state index in [1.807, 2.05) is 0 Å². The molecule has 12 heteroatoms. The first-order valence-electron chi connectivity index (χ1n) is 10.8. The van der Waals surface area contributed by atoms with Crippen molar-refractivity contribution in [2.75, 3.05) is 12.3 Å². The molecule has 2 aliphatic rings. The van der Waals surface area contributed by atoms with Crippen molar-refractivity contribution < 1.29 is 31.8 Å². The zero-order valence-corrected chi connectivity index (χ0v) is 17.9. The monoisotopic (exact) mass is 487 g/mol. The summed E-state index contributed by atoms with van der Waals surface area (Å²) < 4.78 is 66.5. The summed E-state index contributed by atoms with van der Waals surface area (Å²) in [5.74, 6) is -2.74. The highest BCUT2D eigenvalue weighted by Crippen LogP contribution is 2.47. The number of halogens is 4. The lowest BCUT2D eigenvalue weighted by molar-refractivity contribution is -0.0523. The fraction of sp³-hybridized carbons (Fsp3) is 0.261. The third-order valence-corrected chi connectivity index (χ3v) is 6.41. The number of aromatic nitrogens is 3. The van der Waals surface area contributed by atoms with Gasteiger partial charge in [0.2, 0.25) is 0 Å². The Morgan fingerprint density at radius 3 is 2.80 bits per heavy atom. The first-order chi connectivity index (χ1) is 16.8. The Kier molecular flexibility index (Phi) is 4.73. The number of likely N-dealkylation sites (tertiary alicyclic amines) is 1. The zero-order valence-electron chi connectivity index (χ0n) is 17.9. The number of piperidine rings is 1. The first-order valence-corrected chi connectivity index (χ1v) is 10.8. The number of alkyl halides is 2. The van der Waals surface area contributed by atoms with E-state index in [0.29, 0.717) is 29.4 Å². The van der Waals surface area contributed by atoms with Crippen molar-refractivity contribution in [2.24, 2.45) is 0 Å². The maximum absolute atomic E-state index is 15.1. The predicted molar refractivity (Wildman–Crippen MR) is 115 cm³/mol. The highest BCUT2D eigenvalue weighted by atomic mass is 19.3. The SMILES string of the molecule is Nc1nc2cc(F)c(C(=O)N3CCCC4Oc5cc(OC(F)F)c(F)cc5C43)cc2n2cncc12. The van der Waals surface area contributed by atoms with Crippen molar-refractivity contribution in [3.63, 3.8) is 0 Å². The molecule has 0 radical (unpaired) electrons. The van der Waals surface area contributed by atoms with E-state index < -0.39 is 42.0 Å². The molecule has 1 amide bonds. The van der Waals surface area contributed by atoms with Crippen molar-refractivity contribution in [1.29, 1.82) is 0 Å². The normalized spacial score (nSPS) is 19.2. The quantitative estimate of drug-likeness (QED) is 0.438. The molecule has 1 saturated heterocycles. The average Bonchev–Trinajstić information content (AvgIpc) is 3.44. The molecule has 4 aromatic rings. The number of nitrogens with zero attached hydrogens (tertiary/aromatic N) is 4. The molecule has 2 unspecified atom stereocenters. The average molecular weight is 487 g/mol. The molecule has 2 N–H and O–H groups in total. The number of ether oxygens (including phenoxy) is 2. The van der Waals surface area contributed by atoms with Gasteiger partial charge >= 0.3 is 6.61 Å². The molecule has 4 heterocycles. The summed E-state index contributed by atoms with van der Waals surface area (Å²) in [4.78, 5) is 23.3. The number of imidazole rings is 1. The number of carbonyl (C=O) groups excluding carboxylic acids is 1. The van der Waals surface area contributed by atoms with Crippen molar-refractivity contribution in [1.82, 2.24) is 19.3 Å². The van der Waals surface area contributed by atoms with Crippen LogP contribution in [-0.2, 0) is 0 Å². The second kappa shape index (κ2) is 7.72. The molecular formula is C23H17F4N5O3.